The van der Waals surface area contributed by atoms with Crippen LogP contribution in [0.25, 0.3) is 0 Å². The molecule has 5 nitrogen and oxygen atoms in total. The molecular weight excluding hydrogens is 482 g/mol. The highest BCUT2D eigenvalue weighted by Crippen LogP contribution is 2.52. The summed E-state index contributed by atoms with van der Waals surface area (Å²) in [5.41, 5.74) is -0.601. The number of rotatable bonds is 4. The van der Waals surface area contributed by atoms with Crippen molar-refractivity contribution in [3.63, 3.8) is 0 Å². The minimum atomic E-state index is -5.11. The van der Waals surface area contributed by atoms with Gasteiger partial charge in [0.05, 0.1) is 10.0 Å². The summed E-state index contributed by atoms with van der Waals surface area (Å²) in [6.45, 7) is 0. The molecular formula is C19H12Cl4O5S. The van der Waals surface area contributed by atoms with Crippen LogP contribution in [0.5, 0.6) is 11.5 Å². The summed E-state index contributed by atoms with van der Waals surface area (Å²) in [5.74, 6) is -1.13. The van der Waals surface area contributed by atoms with Crippen molar-refractivity contribution in [2.45, 2.75) is 4.75 Å². The molecule has 0 heterocycles. The van der Waals surface area contributed by atoms with Crippen LogP contribution in [0.3, 0.4) is 0 Å². The molecule has 0 amide bonds. The van der Waals surface area contributed by atoms with E-state index in [4.69, 9.17) is 46.4 Å². The van der Waals surface area contributed by atoms with Crippen LogP contribution in [0.15, 0.2) is 54.6 Å². The van der Waals surface area contributed by atoms with E-state index in [1.54, 1.807) is 6.07 Å². The average molecular weight is 494 g/mol. The Morgan fingerprint density at radius 1 is 0.759 bits per heavy atom. The van der Waals surface area contributed by atoms with Crippen LogP contribution in [0, 0.1) is 0 Å². The van der Waals surface area contributed by atoms with Crippen molar-refractivity contribution in [1.82, 2.24) is 0 Å². The van der Waals surface area contributed by atoms with Gasteiger partial charge in [-0.25, -0.2) is 0 Å². The van der Waals surface area contributed by atoms with Crippen LogP contribution >= 0.6 is 46.4 Å². The number of hydrogen-bond donors (Lipinski definition) is 3. The van der Waals surface area contributed by atoms with E-state index in [-0.39, 0.29) is 36.8 Å². The van der Waals surface area contributed by atoms with E-state index in [1.807, 2.05) is 0 Å². The van der Waals surface area contributed by atoms with Gasteiger partial charge in [-0.3, -0.25) is 4.55 Å². The Hall–Kier alpha value is -1.67. The summed E-state index contributed by atoms with van der Waals surface area (Å²) in [4.78, 5) is 0. The first kappa shape index (κ1) is 22.0. The Morgan fingerprint density at radius 3 is 1.93 bits per heavy atom. The highest BCUT2D eigenvalue weighted by molar-refractivity contribution is 7.87. The molecule has 0 saturated heterocycles. The fraction of sp³-hybridized carbons (Fsp3) is 0.0526. The maximum Gasteiger partial charge on any atom is 0.283 e. The maximum absolute atomic E-state index is 13.0. The number of para-hydroxylation sites is 1. The minimum absolute atomic E-state index is 0.0323. The summed E-state index contributed by atoms with van der Waals surface area (Å²) in [6, 6.07) is 12.0. The first-order valence-corrected chi connectivity index (χ1v) is 10.9. The molecule has 0 fully saturated rings. The van der Waals surface area contributed by atoms with Crippen molar-refractivity contribution in [2.24, 2.45) is 0 Å². The molecule has 29 heavy (non-hydrogen) atoms. The number of aromatic hydroxyl groups is 2. The van der Waals surface area contributed by atoms with Gasteiger partial charge >= 0.3 is 0 Å². The van der Waals surface area contributed by atoms with E-state index in [0.717, 1.165) is 12.1 Å². The zero-order valence-electron chi connectivity index (χ0n) is 14.3. The predicted molar refractivity (Wildman–Crippen MR) is 114 cm³/mol. The number of phenols is 2. The Labute approximate surface area is 186 Å². The second kappa shape index (κ2) is 7.87. The molecule has 0 aromatic heterocycles. The third-order valence-corrected chi connectivity index (χ3v) is 7.30. The molecule has 0 aliphatic heterocycles. The van der Waals surface area contributed by atoms with Crippen LogP contribution in [0.1, 0.15) is 16.7 Å². The molecule has 0 aliphatic carbocycles. The van der Waals surface area contributed by atoms with Crippen LogP contribution in [0.2, 0.25) is 20.1 Å². The summed E-state index contributed by atoms with van der Waals surface area (Å²) in [6.07, 6.45) is 0. The van der Waals surface area contributed by atoms with Gasteiger partial charge in [0.2, 0.25) is 0 Å². The first-order valence-electron chi connectivity index (χ1n) is 7.90. The molecule has 3 aromatic carbocycles. The molecule has 0 bridgehead atoms. The maximum atomic E-state index is 13.0. The molecule has 0 radical (unpaired) electrons. The van der Waals surface area contributed by atoms with Crippen molar-refractivity contribution in [1.29, 1.82) is 0 Å². The SMILES string of the molecule is O=S(=O)(O)C(c1cc(O)c(Cl)c(Cl)c1)(c1ccccc1Cl)c1cccc(Cl)c1O. The van der Waals surface area contributed by atoms with Gasteiger partial charge in [-0.1, -0.05) is 76.7 Å². The van der Waals surface area contributed by atoms with E-state index in [0.29, 0.717) is 0 Å². The molecule has 1 atom stereocenters. The zero-order chi connectivity index (χ0) is 21.6. The Kier molecular flexibility index (Phi) is 5.98. The third kappa shape index (κ3) is 3.54. The van der Waals surface area contributed by atoms with Gasteiger partial charge in [-0.05, 0) is 29.8 Å². The Bertz CT molecular complexity index is 1190. The smallest absolute Gasteiger partial charge is 0.283 e. The lowest BCUT2D eigenvalue weighted by molar-refractivity contribution is 0.439. The monoisotopic (exact) mass is 492 g/mol. The molecule has 10 heteroatoms. The fourth-order valence-electron chi connectivity index (χ4n) is 3.21. The van der Waals surface area contributed by atoms with Gasteiger partial charge in [-0.15, -0.1) is 0 Å². The number of phenolic OH excluding ortho intramolecular Hbond substituents is 2. The fourth-order valence-corrected chi connectivity index (χ4v) is 5.35. The second-order valence-corrected chi connectivity index (χ2v) is 9.23. The number of halogens is 4. The van der Waals surface area contributed by atoms with Gasteiger partial charge < -0.3 is 10.2 Å². The van der Waals surface area contributed by atoms with Crippen molar-refractivity contribution in [3.8, 4) is 11.5 Å². The zero-order valence-corrected chi connectivity index (χ0v) is 18.1. The minimum Gasteiger partial charge on any atom is -0.506 e. The summed E-state index contributed by atoms with van der Waals surface area (Å²) in [7, 11) is -5.11. The third-order valence-electron chi connectivity index (χ3n) is 4.42. The molecule has 0 saturated carbocycles. The lowest BCUT2D eigenvalue weighted by Crippen LogP contribution is -2.38. The molecule has 3 rings (SSSR count). The van der Waals surface area contributed by atoms with E-state index in [1.165, 1.54) is 36.4 Å². The molecule has 0 spiro atoms. The van der Waals surface area contributed by atoms with Crippen molar-refractivity contribution in [3.05, 3.63) is 91.4 Å². The summed E-state index contributed by atoms with van der Waals surface area (Å²) >= 11 is 24.3. The lowest BCUT2D eigenvalue weighted by Gasteiger charge is -2.34. The standard InChI is InChI=1S/C19H12Cl4O5S/c20-13-6-2-1-4-11(13)19(29(26,27)28,12-5-3-7-14(21)18(12)25)10-8-15(22)17(23)16(24)9-10/h1-9,24-25H,(H,26,27,28). The van der Waals surface area contributed by atoms with Crippen LogP contribution < -0.4 is 0 Å². The highest BCUT2D eigenvalue weighted by atomic mass is 35.5. The number of hydrogen-bond acceptors (Lipinski definition) is 4. The second-order valence-electron chi connectivity index (χ2n) is 6.06. The van der Waals surface area contributed by atoms with Gasteiger partial charge in [0.25, 0.3) is 10.1 Å². The van der Waals surface area contributed by atoms with Gasteiger partial charge in [0, 0.05) is 16.1 Å². The van der Waals surface area contributed by atoms with Crippen molar-refractivity contribution < 1.29 is 23.2 Å². The average Bonchev–Trinajstić information content (AvgIpc) is 2.63. The van der Waals surface area contributed by atoms with E-state index in [9.17, 15) is 23.2 Å². The molecule has 3 aromatic rings. The quantitative estimate of drug-likeness (QED) is 0.311. The molecule has 1 unspecified atom stereocenters. The summed E-state index contributed by atoms with van der Waals surface area (Å²) in [5, 5.41) is 20.2. The Morgan fingerprint density at radius 2 is 1.34 bits per heavy atom. The van der Waals surface area contributed by atoms with E-state index < -0.39 is 26.4 Å². The first-order chi connectivity index (χ1) is 13.5. The van der Waals surface area contributed by atoms with Crippen LogP contribution in [0.4, 0.5) is 0 Å². The normalized spacial score (nSPS) is 13.8. The molecule has 3 N–H and O–H groups in total. The largest absolute Gasteiger partial charge is 0.506 e. The predicted octanol–water partition coefficient (Wildman–Crippen LogP) is 5.89. The van der Waals surface area contributed by atoms with Gasteiger partial charge in [0.15, 0.2) is 4.75 Å². The van der Waals surface area contributed by atoms with Crippen LogP contribution in [-0.2, 0) is 14.9 Å². The number of benzene rings is 3. The van der Waals surface area contributed by atoms with Crippen LogP contribution in [-0.4, -0.2) is 23.2 Å². The van der Waals surface area contributed by atoms with E-state index in [2.05, 4.69) is 0 Å². The van der Waals surface area contributed by atoms with Gasteiger partial charge in [-0.2, -0.15) is 8.42 Å². The van der Waals surface area contributed by atoms with E-state index >= 15 is 0 Å². The Balaban J connectivity index is 2.63. The molecule has 0 aliphatic rings. The summed E-state index contributed by atoms with van der Waals surface area (Å²) < 4.78 is 33.9. The van der Waals surface area contributed by atoms with Crippen molar-refractivity contribution in [2.75, 3.05) is 0 Å². The van der Waals surface area contributed by atoms with Gasteiger partial charge in [0.1, 0.15) is 16.5 Å². The van der Waals surface area contributed by atoms with Crippen molar-refractivity contribution >= 4 is 56.5 Å². The highest BCUT2D eigenvalue weighted by Gasteiger charge is 2.51. The lowest BCUT2D eigenvalue weighted by atomic mass is 9.83. The topological polar surface area (TPSA) is 94.8 Å². The molecule has 152 valence electrons.